The Kier molecular flexibility index (Phi) is 3.58. The fourth-order valence-electron chi connectivity index (χ4n) is 3.54. The average Bonchev–Trinajstić information content (AvgIpc) is 2.73. The van der Waals surface area contributed by atoms with Crippen LogP contribution in [0.15, 0.2) is 106 Å². The second-order valence-corrected chi connectivity index (χ2v) is 6.45. The normalized spacial score (nSPS) is 11.1. The molecule has 5 rings (SSSR count). The van der Waals surface area contributed by atoms with Crippen LogP contribution in [0.5, 0.6) is 0 Å². The maximum absolute atomic E-state index is 12.7. The Morgan fingerprint density at radius 2 is 1.30 bits per heavy atom. The number of fused-ring (bicyclic) bond motifs is 2. The predicted octanol–water partition coefficient (Wildman–Crippen LogP) is 4.89. The van der Waals surface area contributed by atoms with Crippen LogP contribution in [0.2, 0.25) is 0 Å². The van der Waals surface area contributed by atoms with E-state index in [1.165, 1.54) is 4.57 Å². The summed E-state index contributed by atoms with van der Waals surface area (Å²) in [6.07, 6.45) is 1.84. The van der Waals surface area contributed by atoms with E-state index in [9.17, 15) is 4.79 Å². The van der Waals surface area contributed by atoms with Gasteiger partial charge in [0.1, 0.15) is 0 Å². The lowest BCUT2D eigenvalue weighted by Gasteiger charge is -2.08. The Labute approximate surface area is 155 Å². The molecule has 0 spiro atoms. The molecule has 1 heterocycles. The molecule has 1 aromatic heterocycles. The van der Waals surface area contributed by atoms with Crippen LogP contribution in [0.4, 0.5) is 0 Å². The quantitative estimate of drug-likeness (QED) is 0.425. The minimum atomic E-state index is -0.401. The molecule has 3 heteroatoms. The van der Waals surface area contributed by atoms with E-state index in [4.69, 9.17) is 4.42 Å². The number of aromatic nitrogens is 1. The molecule has 3 nitrogen and oxygen atoms in total. The second-order valence-electron chi connectivity index (χ2n) is 6.45. The van der Waals surface area contributed by atoms with Crippen LogP contribution in [0, 0.1) is 0 Å². The molecule has 0 unspecified atom stereocenters. The van der Waals surface area contributed by atoms with Crippen molar-refractivity contribution in [3.8, 4) is 16.8 Å². The minimum Gasteiger partial charge on any atom is -0.371 e. The largest absolute Gasteiger partial charge is 0.608 e. The van der Waals surface area contributed by atoms with Crippen molar-refractivity contribution >= 4 is 21.7 Å². The molecule has 0 saturated heterocycles. The van der Waals surface area contributed by atoms with Gasteiger partial charge in [0.15, 0.2) is 11.8 Å². The Morgan fingerprint density at radius 3 is 2.15 bits per heavy atom. The van der Waals surface area contributed by atoms with Crippen LogP contribution < -0.4 is 10.3 Å². The van der Waals surface area contributed by atoms with Crippen molar-refractivity contribution in [1.82, 2.24) is 0 Å². The van der Waals surface area contributed by atoms with E-state index < -0.39 is 5.76 Å². The molecule has 0 aliphatic carbocycles. The van der Waals surface area contributed by atoms with Gasteiger partial charge in [0.05, 0.1) is 5.39 Å². The number of hydrogen-bond acceptors (Lipinski definition) is 2. The first kappa shape index (κ1) is 15.5. The van der Waals surface area contributed by atoms with Gasteiger partial charge in [-0.25, -0.2) is 0 Å². The molecule has 0 amide bonds. The van der Waals surface area contributed by atoms with Crippen molar-refractivity contribution in [2.75, 3.05) is 0 Å². The molecule has 0 radical (unpaired) electrons. The molecule has 0 aliphatic heterocycles. The zero-order chi connectivity index (χ0) is 18.2. The van der Waals surface area contributed by atoms with Crippen LogP contribution in [0.1, 0.15) is 0 Å². The Balaban J connectivity index is 1.80. The van der Waals surface area contributed by atoms with E-state index in [1.54, 1.807) is 0 Å². The molecular formula is C24H16NO2+. The summed E-state index contributed by atoms with van der Waals surface area (Å²) in [5, 5.41) is 3.17. The van der Waals surface area contributed by atoms with Crippen molar-refractivity contribution < 1.29 is 8.98 Å². The monoisotopic (exact) mass is 350 g/mol. The van der Waals surface area contributed by atoms with Crippen molar-refractivity contribution in [2.24, 2.45) is 0 Å². The van der Waals surface area contributed by atoms with Gasteiger partial charge in [-0.15, -0.1) is 0 Å². The van der Waals surface area contributed by atoms with Gasteiger partial charge in [-0.1, -0.05) is 77.4 Å². The van der Waals surface area contributed by atoms with E-state index >= 15 is 0 Å². The smallest absolute Gasteiger partial charge is 0.371 e. The van der Waals surface area contributed by atoms with E-state index in [2.05, 4.69) is 24.3 Å². The average molecular weight is 350 g/mol. The summed E-state index contributed by atoms with van der Waals surface area (Å²) >= 11 is 0. The van der Waals surface area contributed by atoms with E-state index in [0.717, 1.165) is 33.0 Å². The van der Waals surface area contributed by atoms with Crippen LogP contribution in [0.3, 0.4) is 0 Å². The van der Waals surface area contributed by atoms with Crippen LogP contribution >= 0.6 is 0 Å². The van der Waals surface area contributed by atoms with Crippen molar-refractivity contribution in [3.05, 3.63) is 108 Å². The van der Waals surface area contributed by atoms with Crippen LogP contribution in [-0.2, 0) is 0 Å². The SMILES string of the molecule is O=c1oc2c(-c3cccc4ccccc34)cccc2c[n+]1-c1ccccc1. The number of rotatable bonds is 2. The van der Waals surface area contributed by atoms with Gasteiger partial charge < -0.3 is 4.42 Å². The Bertz CT molecular complexity index is 1330. The Morgan fingerprint density at radius 1 is 0.630 bits per heavy atom. The molecule has 0 bridgehead atoms. The van der Waals surface area contributed by atoms with Gasteiger partial charge in [-0.3, -0.25) is 0 Å². The molecule has 0 fully saturated rings. The summed E-state index contributed by atoms with van der Waals surface area (Å²) in [6, 6.07) is 29.9. The first-order chi connectivity index (χ1) is 13.3. The van der Waals surface area contributed by atoms with E-state index in [0.29, 0.717) is 5.58 Å². The number of benzene rings is 4. The Hall–Kier alpha value is -3.72. The van der Waals surface area contributed by atoms with Gasteiger partial charge in [0.2, 0.25) is 5.69 Å². The number of nitrogens with zero attached hydrogens (tertiary/aromatic N) is 1. The first-order valence-electron chi connectivity index (χ1n) is 8.83. The van der Waals surface area contributed by atoms with Gasteiger partial charge in [0.25, 0.3) is 0 Å². The summed E-state index contributed by atoms with van der Waals surface area (Å²) in [4.78, 5) is 12.7. The molecule has 0 aliphatic rings. The molecule has 5 aromatic rings. The van der Waals surface area contributed by atoms with Crippen molar-refractivity contribution in [3.63, 3.8) is 0 Å². The summed E-state index contributed by atoms with van der Waals surface area (Å²) in [7, 11) is 0. The summed E-state index contributed by atoms with van der Waals surface area (Å²) < 4.78 is 7.33. The molecular weight excluding hydrogens is 334 g/mol. The summed E-state index contributed by atoms with van der Waals surface area (Å²) in [5.74, 6) is -0.401. The molecule has 0 saturated carbocycles. The highest BCUT2D eigenvalue weighted by atomic mass is 16.4. The summed E-state index contributed by atoms with van der Waals surface area (Å²) in [5.41, 5.74) is 3.36. The lowest BCUT2D eigenvalue weighted by Crippen LogP contribution is -2.46. The summed E-state index contributed by atoms with van der Waals surface area (Å²) in [6.45, 7) is 0. The molecule has 0 N–H and O–H groups in total. The fraction of sp³-hybridized carbons (Fsp3) is 0. The third-order valence-corrected chi connectivity index (χ3v) is 4.81. The highest BCUT2D eigenvalue weighted by molar-refractivity contribution is 6.02. The third-order valence-electron chi connectivity index (χ3n) is 4.81. The fourth-order valence-corrected chi connectivity index (χ4v) is 3.54. The number of hydrogen-bond donors (Lipinski definition) is 0. The molecule has 27 heavy (non-hydrogen) atoms. The lowest BCUT2D eigenvalue weighted by atomic mass is 9.97. The molecule has 4 aromatic carbocycles. The van der Waals surface area contributed by atoms with Gasteiger partial charge >= 0.3 is 5.76 Å². The van der Waals surface area contributed by atoms with Gasteiger partial charge in [-0.05, 0) is 22.4 Å². The van der Waals surface area contributed by atoms with Crippen LogP contribution in [-0.4, -0.2) is 0 Å². The van der Waals surface area contributed by atoms with E-state index in [1.807, 2.05) is 72.9 Å². The zero-order valence-corrected chi connectivity index (χ0v) is 14.5. The minimum absolute atomic E-state index is 0.401. The number of para-hydroxylation sites is 2. The second kappa shape index (κ2) is 6.22. The topological polar surface area (TPSA) is 34.1 Å². The highest BCUT2D eigenvalue weighted by Gasteiger charge is 2.18. The highest BCUT2D eigenvalue weighted by Crippen LogP contribution is 2.32. The van der Waals surface area contributed by atoms with E-state index in [-0.39, 0.29) is 0 Å². The van der Waals surface area contributed by atoms with Crippen molar-refractivity contribution in [2.45, 2.75) is 0 Å². The maximum atomic E-state index is 12.7. The standard InChI is InChI=1S/C24H16NO2/c26-24-25(19-11-2-1-3-12-19)16-18-10-7-15-22(23(18)27-24)21-14-6-9-17-8-4-5-13-20(17)21/h1-16H/q+1. The first-order valence-corrected chi connectivity index (χ1v) is 8.83. The van der Waals surface area contributed by atoms with Crippen molar-refractivity contribution in [1.29, 1.82) is 0 Å². The molecule has 0 atom stereocenters. The third kappa shape index (κ3) is 2.61. The van der Waals surface area contributed by atoms with Crippen LogP contribution in [0.25, 0.3) is 38.6 Å². The maximum Gasteiger partial charge on any atom is 0.608 e. The van der Waals surface area contributed by atoms with Gasteiger partial charge in [-0.2, -0.15) is 4.79 Å². The molecule has 128 valence electrons. The lowest BCUT2D eigenvalue weighted by molar-refractivity contribution is -0.623. The zero-order valence-electron chi connectivity index (χ0n) is 14.5. The van der Waals surface area contributed by atoms with Gasteiger partial charge in [0, 0.05) is 17.7 Å². The predicted molar refractivity (Wildman–Crippen MR) is 107 cm³/mol.